The molecule has 1 aromatic rings. The minimum Gasteiger partial charge on any atom is -0.494 e. The highest BCUT2D eigenvalue weighted by molar-refractivity contribution is 5.40. The van der Waals surface area contributed by atoms with Gasteiger partial charge in [0.05, 0.1) is 19.3 Å². The maximum atomic E-state index is 5.82. The Balaban J connectivity index is 1.95. The van der Waals surface area contributed by atoms with Gasteiger partial charge in [-0.2, -0.15) is 0 Å². The molecule has 2 heterocycles. The first-order valence-corrected chi connectivity index (χ1v) is 5.96. The molecule has 0 bridgehead atoms. The van der Waals surface area contributed by atoms with E-state index in [9.17, 15) is 0 Å². The lowest BCUT2D eigenvalue weighted by atomic mass is 9.89. The van der Waals surface area contributed by atoms with Crippen molar-refractivity contribution in [2.45, 2.75) is 25.6 Å². The average Bonchev–Trinajstić information content (AvgIpc) is 2.78. The zero-order valence-electron chi connectivity index (χ0n) is 9.53. The summed E-state index contributed by atoms with van der Waals surface area (Å²) in [5, 5.41) is 3.39. The van der Waals surface area contributed by atoms with Gasteiger partial charge in [-0.05, 0) is 30.2 Å². The molecule has 3 rings (SSSR count). The lowest BCUT2D eigenvalue weighted by Gasteiger charge is -2.28. The molecule has 0 aliphatic carbocycles. The molecule has 1 N–H and O–H groups in total. The number of hydrogen-bond acceptors (Lipinski definition) is 3. The molecule has 2 atom stereocenters. The van der Waals surface area contributed by atoms with Crippen molar-refractivity contribution >= 4 is 0 Å². The molecule has 86 valence electrons. The predicted molar refractivity (Wildman–Crippen MR) is 61.8 cm³/mol. The molecule has 0 radical (unpaired) electrons. The monoisotopic (exact) mass is 219 g/mol. The molecule has 1 fully saturated rings. The van der Waals surface area contributed by atoms with Gasteiger partial charge in [-0.1, -0.05) is 6.07 Å². The lowest BCUT2D eigenvalue weighted by Crippen LogP contribution is -2.26. The van der Waals surface area contributed by atoms with Gasteiger partial charge in [0.25, 0.3) is 0 Å². The summed E-state index contributed by atoms with van der Waals surface area (Å²) in [7, 11) is 0. The molecule has 2 aliphatic rings. The Bertz CT molecular complexity index is 392. The van der Waals surface area contributed by atoms with Crippen molar-refractivity contribution in [3.8, 4) is 5.75 Å². The predicted octanol–water partition coefficient (Wildman–Crippen LogP) is 1.67. The largest absolute Gasteiger partial charge is 0.494 e. The first kappa shape index (κ1) is 10.1. The van der Waals surface area contributed by atoms with Crippen LogP contribution in [-0.4, -0.2) is 25.8 Å². The van der Waals surface area contributed by atoms with Crippen LogP contribution in [0.4, 0.5) is 0 Å². The lowest BCUT2D eigenvalue weighted by molar-refractivity contribution is 0.0298. The number of nitrogens with one attached hydrogen (secondary N) is 1. The molecule has 0 aromatic heterocycles. The SMILES string of the molecule is CCOc1ccc2c(c1)C1CNCC1OC2. The Kier molecular flexibility index (Phi) is 2.58. The van der Waals surface area contributed by atoms with Gasteiger partial charge in [-0.25, -0.2) is 0 Å². The van der Waals surface area contributed by atoms with Crippen LogP contribution < -0.4 is 10.1 Å². The van der Waals surface area contributed by atoms with Gasteiger partial charge in [0, 0.05) is 19.0 Å². The van der Waals surface area contributed by atoms with Crippen LogP contribution in [0, 0.1) is 0 Å². The van der Waals surface area contributed by atoms with Crippen molar-refractivity contribution in [2.24, 2.45) is 0 Å². The fraction of sp³-hybridized carbons (Fsp3) is 0.538. The smallest absolute Gasteiger partial charge is 0.119 e. The van der Waals surface area contributed by atoms with Crippen molar-refractivity contribution in [2.75, 3.05) is 19.7 Å². The first-order chi connectivity index (χ1) is 7.88. The standard InChI is InChI=1S/C13H17NO2/c1-2-15-10-4-3-9-8-16-13-7-14-6-12(13)11(9)5-10/h3-5,12-14H,2,6-8H2,1H3. The topological polar surface area (TPSA) is 30.5 Å². The van der Waals surface area contributed by atoms with E-state index in [4.69, 9.17) is 9.47 Å². The molecule has 2 unspecified atom stereocenters. The van der Waals surface area contributed by atoms with E-state index in [0.717, 1.165) is 32.1 Å². The second-order valence-electron chi connectivity index (χ2n) is 4.41. The average molecular weight is 219 g/mol. The number of ether oxygens (including phenoxy) is 2. The van der Waals surface area contributed by atoms with Crippen LogP contribution in [0.2, 0.25) is 0 Å². The highest BCUT2D eigenvalue weighted by Crippen LogP contribution is 2.35. The normalized spacial score (nSPS) is 27.3. The Hall–Kier alpha value is -1.06. The van der Waals surface area contributed by atoms with Crippen molar-refractivity contribution in [1.29, 1.82) is 0 Å². The fourth-order valence-corrected chi connectivity index (χ4v) is 2.64. The second kappa shape index (κ2) is 4.07. The summed E-state index contributed by atoms with van der Waals surface area (Å²) in [5.41, 5.74) is 2.72. The summed E-state index contributed by atoms with van der Waals surface area (Å²) < 4.78 is 11.4. The zero-order chi connectivity index (χ0) is 11.0. The maximum Gasteiger partial charge on any atom is 0.119 e. The van der Waals surface area contributed by atoms with Crippen molar-refractivity contribution in [1.82, 2.24) is 5.32 Å². The zero-order valence-corrected chi connectivity index (χ0v) is 9.53. The fourth-order valence-electron chi connectivity index (χ4n) is 2.64. The third-order valence-corrected chi connectivity index (χ3v) is 3.44. The van der Waals surface area contributed by atoms with Gasteiger partial charge < -0.3 is 14.8 Å². The molecular formula is C13H17NO2. The van der Waals surface area contributed by atoms with Gasteiger partial charge in [-0.3, -0.25) is 0 Å². The van der Waals surface area contributed by atoms with Crippen LogP contribution in [0.5, 0.6) is 5.75 Å². The number of rotatable bonds is 2. The van der Waals surface area contributed by atoms with E-state index < -0.39 is 0 Å². The number of hydrogen-bond donors (Lipinski definition) is 1. The Morgan fingerprint density at radius 3 is 3.25 bits per heavy atom. The first-order valence-electron chi connectivity index (χ1n) is 5.96. The van der Waals surface area contributed by atoms with Gasteiger partial charge >= 0.3 is 0 Å². The molecule has 0 spiro atoms. The van der Waals surface area contributed by atoms with Crippen LogP contribution in [0.25, 0.3) is 0 Å². The summed E-state index contributed by atoms with van der Waals surface area (Å²) in [6, 6.07) is 6.36. The highest BCUT2D eigenvalue weighted by Gasteiger charge is 2.34. The quantitative estimate of drug-likeness (QED) is 0.820. The van der Waals surface area contributed by atoms with Gasteiger partial charge in [0.1, 0.15) is 5.75 Å². The molecule has 1 saturated heterocycles. The van der Waals surface area contributed by atoms with Crippen molar-refractivity contribution in [3.63, 3.8) is 0 Å². The van der Waals surface area contributed by atoms with E-state index in [0.29, 0.717) is 12.0 Å². The Labute approximate surface area is 95.8 Å². The molecule has 16 heavy (non-hydrogen) atoms. The third kappa shape index (κ3) is 1.60. The molecular weight excluding hydrogens is 202 g/mol. The van der Waals surface area contributed by atoms with E-state index >= 15 is 0 Å². The summed E-state index contributed by atoms with van der Waals surface area (Å²) in [4.78, 5) is 0. The van der Waals surface area contributed by atoms with Crippen LogP contribution >= 0.6 is 0 Å². The van der Waals surface area contributed by atoms with Gasteiger partial charge in [0.2, 0.25) is 0 Å². The van der Waals surface area contributed by atoms with Crippen molar-refractivity contribution < 1.29 is 9.47 Å². The van der Waals surface area contributed by atoms with Crippen LogP contribution in [0.15, 0.2) is 18.2 Å². The summed E-state index contributed by atoms with van der Waals surface area (Å²) >= 11 is 0. The highest BCUT2D eigenvalue weighted by atomic mass is 16.5. The maximum absolute atomic E-state index is 5.82. The van der Waals surface area contributed by atoms with E-state index in [2.05, 4.69) is 17.4 Å². The Morgan fingerprint density at radius 1 is 1.44 bits per heavy atom. The number of benzene rings is 1. The minimum absolute atomic E-state index is 0.351. The van der Waals surface area contributed by atoms with Gasteiger partial charge in [-0.15, -0.1) is 0 Å². The minimum atomic E-state index is 0.351. The van der Waals surface area contributed by atoms with Crippen LogP contribution in [0.3, 0.4) is 0 Å². The van der Waals surface area contributed by atoms with Crippen molar-refractivity contribution in [3.05, 3.63) is 29.3 Å². The molecule has 3 heteroatoms. The van der Waals surface area contributed by atoms with E-state index in [1.165, 1.54) is 11.1 Å². The molecule has 2 aliphatic heterocycles. The molecule has 1 aromatic carbocycles. The van der Waals surface area contributed by atoms with E-state index in [1.807, 2.05) is 13.0 Å². The van der Waals surface area contributed by atoms with Crippen LogP contribution in [0.1, 0.15) is 24.0 Å². The summed E-state index contributed by atoms with van der Waals surface area (Å²) in [6.07, 6.45) is 0.351. The second-order valence-corrected chi connectivity index (χ2v) is 4.41. The summed E-state index contributed by atoms with van der Waals surface area (Å²) in [6.45, 7) is 5.48. The number of fused-ring (bicyclic) bond motifs is 3. The van der Waals surface area contributed by atoms with Crippen LogP contribution in [-0.2, 0) is 11.3 Å². The van der Waals surface area contributed by atoms with E-state index in [-0.39, 0.29) is 0 Å². The third-order valence-electron chi connectivity index (χ3n) is 3.44. The van der Waals surface area contributed by atoms with E-state index in [1.54, 1.807) is 0 Å². The molecule has 0 amide bonds. The Morgan fingerprint density at radius 2 is 2.38 bits per heavy atom. The van der Waals surface area contributed by atoms with Gasteiger partial charge in [0.15, 0.2) is 0 Å². The summed E-state index contributed by atoms with van der Waals surface area (Å²) in [5.74, 6) is 1.48. The molecule has 0 saturated carbocycles. The molecule has 3 nitrogen and oxygen atoms in total.